The molecule has 0 saturated carbocycles. The topological polar surface area (TPSA) is 216 Å². The highest BCUT2D eigenvalue weighted by Crippen LogP contribution is 2.32. The van der Waals surface area contributed by atoms with Crippen LogP contribution >= 0.6 is 0 Å². The van der Waals surface area contributed by atoms with E-state index in [1.54, 1.807) is 96.4 Å². The van der Waals surface area contributed by atoms with E-state index in [0.717, 1.165) is 0 Å². The lowest BCUT2D eigenvalue weighted by Gasteiger charge is -2.22. The van der Waals surface area contributed by atoms with E-state index in [9.17, 15) is 24.3 Å². The Kier molecular flexibility index (Phi) is 13.6. The van der Waals surface area contributed by atoms with Crippen molar-refractivity contribution in [2.24, 2.45) is 11.1 Å². The normalized spacial score (nSPS) is 11.1. The van der Waals surface area contributed by atoms with Gasteiger partial charge in [-0.15, -0.1) is 0 Å². The van der Waals surface area contributed by atoms with Crippen LogP contribution in [0.5, 0.6) is 11.5 Å². The van der Waals surface area contributed by atoms with Gasteiger partial charge in [0.1, 0.15) is 11.9 Å². The highest BCUT2D eigenvalue weighted by Gasteiger charge is 2.24. The highest BCUT2D eigenvalue weighted by atomic mass is 16.5. The average molecular weight is 651 g/mol. The lowest BCUT2D eigenvalue weighted by atomic mass is 9.98. The van der Waals surface area contributed by atoms with E-state index in [1.807, 2.05) is 0 Å². The molecular formula is C33H42N6O8. The number of anilines is 2. The van der Waals surface area contributed by atoms with E-state index < -0.39 is 29.3 Å². The van der Waals surface area contributed by atoms with E-state index in [4.69, 9.17) is 25.7 Å². The van der Waals surface area contributed by atoms with Gasteiger partial charge in [0.15, 0.2) is 18.1 Å². The fourth-order valence-electron chi connectivity index (χ4n) is 3.55. The number of carboxylic acid groups (broad SMARTS) is 2. The Labute approximate surface area is 273 Å². The predicted octanol–water partition coefficient (Wildman–Crippen LogP) is 3.95. The molecule has 252 valence electrons. The number of nitrogens with zero attached hydrogens (tertiary/aromatic N) is 1. The summed E-state index contributed by atoms with van der Waals surface area (Å²) in [6.07, 6.45) is 0. The summed E-state index contributed by atoms with van der Waals surface area (Å²) in [6, 6.07) is 16.7. The van der Waals surface area contributed by atoms with Crippen molar-refractivity contribution in [2.75, 3.05) is 38.1 Å². The number of nitrogens with one attached hydrogen (secondary N) is 4. The van der Waals surface area contributed by atoms with Gasteiger partial charge in [-0.3, -0.25) is 30.6 Å². The monoisotopic (exact) mass is 650 g/mol. The molecule has 3 aromatic rings. The standard InChI is InChI=1S/C28H32N6O6.C5H10O2/c1-4-39-23-15-18(11-14-22(23)40-16-24(35)34(2)3)25(31-19-12-9-17(10-13-19)26(29)30)27(36)33-32-21-8-6-5-7-20(21)28(37)38;1-5(2,3)4(6)7/h5-15,25,31-32H,4,16H2,1-3H3,(H3,29,30)(H,33,36)(H,37,38);1-3H3,(H,6,7). The number of benzene rings is 3. The highest BCUT2D eigenvalue weighted by molar-refractivity contribution is 5.96. The van der Waals surface area contributed by atoms with Gasteiger partial charge in [-0.1, -0.05) is 18.2 Å². The fourth-order valence-corrected chi connectivity index (χ4v) is 3.55. The molecule has 0 aliphatic rings. The first-order valence-corrected chi connectivity index (χ1v) is 14.5. The molecular weight excluding hydrogens is 608 g/mol. The number of ether oxygens (including phenoxy) is 2. The van der Waals surface area contributed by atoms with Crippen molar-refractivity contribution in [3.8, 4) is 11.5 Å². The number of carbonyl (C=O) groups excluding carboxylic acids is 2. The lowest BCUT2D eigenvalue weighted by molar-refractivity contribution is -0.145. The van der Waals surface area contributed by atoms with E-state index >= 15 is 0 Å². The Morgan fingerprint density at radius 3 is 2.09 bits per heavy atom. The molecule has 14 nitrogen and oxygen atoms in total. The fraction of sp³-hybridized carbons (Fsp3) is 0.303. The largest absolute Gasteiger partial charge is 0.490 e. The number of aromatic carboxylic acids is 1. The molecule has 47 heavy (non-hydrogen) atoms. The number of para-hydroxylation sites is 1. The number of hydrogen-bond donors (Lipinski definition) is 7. The van der Waals surface area contributed by atoms with Crippen LogP contribution in [0.2, 0.25) is 0 Å². The van der Waals surface area contributed by atoms with Crippen molar-refractivity contribution in [3.05, 3.63) is 83.4 Å². The smallest absolute Gasteiger partial charge is 0.337 e. The van der Waals surface area contributed by atoms with Crippen molar-refractivity contribution in [1.29, 1.82) is 5.41 Å². The van der Waals surface area contributed by atoms with Gasteiger partial charge in [0.05, 0.1) is 23.3 Å². The molecule has 0 spiro atoms. The molecule has 0 radical (unpaired) electrons. The second kappa shape index (κ2) is 17.1. The lowest BCUT2D eigenvalue weighted by Crippen LogP contribution is -2.37. The quantitative estimate of drug-likeness (QED) is 0.0798. The summed E-state index contributed by atoms with van der Waals surface area (Å²) in [5, 5.41) is 28.4. The second-order valence-corrected chi connectivity index (χ2v) is 11.3. The number of amidine groups is 1. The number of aliphatic carboxylic acids is 1. The molecule has 3 rings (SSSR count). The number of nitrogen functional groups attached to an aromatic ring is 1. The zero-order valence-electron chi connectivity index (χ0n) is 27.2. The average Bonchev–Trinajstić information content (AvgIpc) is 3.02. The molecule has 1 atom stereocenters. The summed E-state index contributed by atoms with van der Waals surface area (Å²) >= 11 is 0. The summed E-state index contributed by atoms with van der Waals surface area (Å²) in [5.41, 5.74) is 12.0. The van der Waals surface area contributed by atoms with Gasteiger partial charge in [-0.2, -0.15) is 0 Å². The van der Waals surface area contributed by atoms with Crippen molar-refractivity contribution < 1.29 is 38.9 Å². The van der Waals surface area contributed by atoms with Crippen LogP contribution in [-0.2, 0) is 14.4 Å². The van der Waals surface area contributed by atoms with Crippen LogP contribution in [-0.4, -0.2) is 72.0 Å². The Morgan fingerprint density at radius 2 is 1.55 bits per heavy atom. The maximum Gasteiger partial charge on any atom is 0.337 e. The third-order valence-corrected chi connectivity index (χ3v) is 6.34. The Bertz CT molecular complexity index is 1570. The minimum Gasteiger partial charge on any atom is -0.490 e. The molecule has 0 bridgehead atoms. The minimum atomic E-state index is -1.15. The third-order valence-electron chi connectivity index (χ3n) is 6.34. The van der Waals surface area contributed by atoms with Crippen molar-refractivity contribution in [3.63, 3.8) is 0 Å². The summed E-state index contributed by atoms with van der Waals surface area (Å²) in [7, 11) is 3.25. The molecule has 3 aromatic carbocycles. The number of nitrogens with two attached hydrogens (primary N) is 1. The van der Waals surface area contributed by atoms with Crippen LogP contribution in [0, 0.1) is 10.8 Å². The molecule has 0 saturated heterocycles. The predicted molar refractivity (Wildman–Crippen MR) is 178 cm³/mol. The number of likely N-dealkylation sites (N-methyl/N-ethyl adjacent to an activating group) is 1. The second-order valence-electron chi connectivity index (χ2n) is 11.3. The molecule has 0 aliphatic heterocycles. The van der Waals surface area contributed by atoms with Crippen LogP contribution in [0.25, 0.3) is 0 Å². The van der Waals surface area contributed by atoms with Gasteiger partial charge < -0.3 is 35.6 Å². The van der Waals surface area contributed by atoms with Crippen LogP contribution in [0.1, 0.15) is 55.2 Å². The SMILES string of the molecule is CC(C)(C)C(=O)O.CCOc1cc(C(Nc2ccc(C(=N)N)cc2)C(=O)NNc2ccccc2C(=O)O)ccc1OCC(=O)N(C)C. The van der Waals surface area contributed by atoms with Gasteiger partial charge in [0.25, 0.3) is 11.8 Å². The summed E-state index contributed by atoms with van der Waals surface area (Å²) in [5.74, 6) is -2.09. The maximum absolute atomic E-state index is 13.5. The molecule has 0 aromatic heterocycles. The number of hydrogen-bond acceptors (Lipinski definition) is 9. The van der Waals surface area contributed by atoms with Crippen LogP contribution in [0.4, 0.5) is 11.4 Å². The zero-order valence-corrected chi connectivity index (χ0v) is 27.2. The maximum atomic E-state index is 13.5. The molecule has 1 unspecified atom stereocenters. The van der Waals surface area contributed by atoms with Crippen LogP contribution < -0.4 is 31.4 Å². The molecule has 0 aliphatic carbocycles. The van der Waals surface area contributed by atoms with E-state index in [2.05, 4.69) is 16.2 Å². The zero-order chi connectivity index (χ0) is 35.3. The Morgan fingerprint density at radius 1 is 0.936 bits per heavy atom. The van der Waals surface area contributed by atoms with Crippen molar-refractivity contribution in [2.45, 2.75) is 33.7 Å². The van der Waals surface area contributed by atoms with Gasteiger partial charge in [0.2, 0.25) is 0 Å². The Hall–Kier alpha value is -5.79. The number of hydrazine groups is 1. The molecule has 14 heteroatoms. The molecule has 8 N–H and O–H groups in total. The molecule has 0 heterocycles. The van der Waals surface area contributed by atoms with Crippen molar-refractivity contribution >= 4 is 41.0 Å². The van der Waals surface area contributed by atoms with Crippen molar-refractivity contribution in [1.82, 2.24) is 10.3 Å². The van der Waals surface area contributed by atoms with Crippen LogP contribution in [0.15, 0.2) is 66.7 Å². The first-order chi connectivity index (χ1) is 22.0. The number of carboxylic acids is 2. The first-order valence-electron chi connectivity index (χ1n) is 14.5. The summed E-state index contributed by atoms with van der Waals surface area (Å²) < 4.78 is 11.4. The number of carbonyl (C=O) groups is 4. The summed E-state index contributed by atoms with van der Waals surface area (Å²) in [4.78, 5) is 48.5. The van der Waals surface area contributed by atoms with E-state index in [1.165, 1.54) is 17.0 Å². The number of rotatable bonds is 13. The summed E-state index contributed by atoms with van der Waals surface area (Å²) in [6.45, 7) is 6.90. The van der Waals surface area contributed by atoms with Gasteiger partial charge in [0, 0.05) is 25.3 Å². The third kappa shape index (κ3) is 11.6. The number of amides is 2. The van der Waals surface area contributed by atoms with Gasteiger partial charge >= 0.3 is 11.9 Å². The molecule has 2 amide bonds. The van der Waals surface area contributed by atoms with Crippen LogP contribution in [0.3, 0.4) is 0 Å². The van der Waals surface area contributed by atoms with E-state index in [-0.39, 0.29) is 29.6 Å². The minimum absolute atomic E-state index is 0.0143. The first kappa shape index (κ1) is 37.4. The van der Waals surface area contributed by atoms with Gasteiger partial charge in [-0.05, 0) is 81.8 Å². The molecule has 0 fully saturated rings. The van der Waals surface area contributed by atoms with Gasteiger partial charge in [-0.25, -0.2) is 4.79 Å². The van der Waals surface area contributed by atoms with E-state index in [0.29, 0.717) is 34.9 Å². The Balaban J connectivity index is 0.000000984.